The molecule has 0 unspecified atom stereocenters. The van der Waals surface area contributed by atoms with Gasteiger partial charge in [0.05, 0.1) is 31.2 Å². The van der Waals surface area contributed by atoms with Crippen molar-refractivity contribution < 1.29 is 23.8 Å². The fraction of sp³-hybridized carbons (Fsp3) is 0.269. The zero-order valence-electron chi connectivity index (χ0n) is 18.9. The Morgan fingerprint density at radius 1 is 1.03 bits per heavy atom. The van der Waals surface area contributed by atoms with Gasteiger partial charge >= 0.3 is 5.97 Å². The number of ether oxygens (including phenoxy) is 3. The molecule has 8 heteroatoms. The van der Waals surface area contributed by atoms with E-state index < -0.39 is 11.6 Å². The minimum atomic E-state index is -0.653. The number of nitriles is 1. The lowest BCUT2D eigenvalue weighted by Crippen LogP contribution is -2.50. The highest BCUT2D eigenvalue weighted by Crippen LogP contribution is 2.46. The molecule has 3 heterocycles. The molecule has 1 amide bonds. The number of carbonyl (C=O) groups is 2. The summed E-state index contributed by atoms with van der Waals surface area (Å²) < 4.78 is 18.7. The minimum Gasteiger partial charge on any atom is -0.496 e. The third kappa shape index (κ3) is 3.20. The number of rotatable bonds is 3. The van der Waals surface area contributed by atoms with Gasteiger partial charge in [-0.3, -0.25) is 9.36 Å². The number of fused-ring (bicyclic) bond motifs is 4. The molecule has 34 heavy (non-hydrogen) atoms. The largest absolute Gasteiger partial charge is 0.496 e. The van der Waals surface area contributed by atoms with Crippen LogP contribution in [0.2, 0.25) is 0 Å². The molecule has 2 aromatic carbocycles. The van der Waals surface area contributed by atoms with Gasteiger partial charge in [0, 0.05) is 25.9 Å². The molecule has 3 aromatic rings. The van der Waals surface area contributed by atoms with E-state index in [0.717, 1.165) is 11.4 Å². The zero-order valence-corrected chi connectivity index (χ0v) is 18.9. The van der Waals surface area contributed by atoms with Crippen LogP contribution in [0.3, 0.4) is 0 Å². The molecule has 0 N–H and O–H groups in total. The predicted molar refractivity (Wildman–Crippen MR) is 122 cm³/mol. The number of para-hydroxylation sites is 2. The van der Waals surface area contributed by atoms with Gasteiger partial charge in [-0.2, -0.15) is 5.26 Å². The van der Waals surface area contributed by atoms with Crippen molar-refractivity contribution in [1.29, 1.82) is 5.26 Å². The molecule has 1 saturated heterocycles. The van der Waals surface area contributed by atoms with Crippen LogP contribution in [0.15, 0.2) is 54.6 Å². The van der Waals surface area contributed by atoms with Crippen molar-refractivity contribution in [2.24, 2.45) is 0 Å². The Kier molecular flexibility index (Phi) is 5.25. The second-order valence-corrected chi connectivity index (χ2v) is 8.28. The molecular weight excluding hydrogens is 434 g/mol. The number of likely N-dealkylation sites (tertiary alicyclic amines) is 1. The summed E-state index contributed by atoms with van der Waals surface area (Å²) in [4.78, 5) is 27.6. The molecule has 0 aliphatic carbocycles. The normalized spacial score (nSPS) is 15.5. The number of benzene rings is 2. The first-order valence-corrected chi connectivity index (χ1v) is 11.0. The number of carbonyl (C=O) groups excluding carboxylic acids is 2. The third-order valence-electron chi connectivity index (χ3n) is 6.60. The maximum Gasteiger partial charge on any atom is 0.342 e. The first-order chi connectivity index (χ1) is 16.5. The molecule has 0 atom stereocenters. The third-order valence-corrected chi connectivity index (χ3v) is 6.60. The van der Waals surface area contributed by atoms with Gasteiger partial charge in [-0.05, 0) is 36.4 Å². The topological polar surface area (TPSA) is 93.8 Å². The van der Waals surface area contributed by atoms with E-state index in [4.69, 9.17) is 14.2 Å². The maximum absolute atomic E-state index is 13.4. The van der Waals surface area contributed by atoms with Gasteiger partial charge in [-0.25, -0.2) is 4.79 Å². The second-order valence-electron chi connectivity index (χ2n) is 8.28. The fourth-order valence-electron chi connectivity index (χ4n) is 4.92. The summed E-state index contributed by atoms with van der Waals surface area (Å²) in [6.45, 7) is 0.845. The van der Waals surface area contributed by atoms with Gasteiger partial charge in [0.1, 0.15) is 28.8 Å². The van der Waals surface area contributed by atoms with E-state index in [1.54, 1.807) is 29.2 Å². The molecule has 1 aromatic heterocycles. The number of aromatic nitrogens is 1. The minimum absolute atomic E-state index is 0.119. The van der Waals surface area contributed by atoms with Crippen LogP contribution in [0.4, 0.5) is 0 Å². The van der Waals surface area contributed by atoms with E-state index >= 15 is 0 Å². The summed E-state index contributed by atoms with van der Waals surface area (Å²) in [6.07, 6.45) is 1.08. The highest BCUT2D eigenvalue weighted by Gasteiger charge is 2.45. The summed E-state index contributed by atoms with van der Waals surface area (Å²) in [5.41, 5.74) is 2.00. The summed E-state index contributed by atoms with van der Waals surface area (Å²) in [6, 6.07) is 18.6. The quantitative estimate of drug-likeness (QED) is 0.557. The van der Waals surface area contributed by atoms with Crippen molar-refractivity contribution >= 4 is 11.9 Å². The van der Waals surface area contributed by atoms with Gasteiger partial charge in [0.25, 0.3) is 5.91 Å². The van der Waals surface area contributed by atoms with Gasteiger partial charge < -0.3 is 19.1 Å². The highest BCUT2D eigenvalue weighted by molar-refractivity contribution is 6.07. The van der Waals surface area contributed by atoms with Crippen LogP contribution in [0, 0.1) is 11.3 Å². The summed E-state index contributed by atoms with van der Waals surface area (Å²) >= 11 is 0. The fourth-order valence-corrected chi connectivity index (χ4v) is 4.92. The highest BCUT2D eigenvalue weighted by atomic mass is 16.5. The van der Waals surface area contributed by atoms with Gasteiger partial charge in [0.2, 0.25) is 0 Å². The molecule has 1 spiro atoms. The molecule has 8 nitrogen and oxygen atoms in total. The van der Waals surface area contributed by atoms with Crippen molar-refractivity contribution in [1.82, 2.24) is 9.47 Å². The molecular formula is C26H23N3O5. The first-order valence-electron chi connectivity index (χ1n) is 11.0. The number of esters is 1. The predicted octanol–water partition coefficient (Wildman–Crippen LogP) is 3.67. The van der Waals surface area contributed by atoms with Crippen molar-refractivity contribution in [2.75, 3.05) is 27.3 Å². The van der Waals surface area contributed by atoms with E-state index in [1.165, 1.54) is 14.2 Å². The van der Waals surface area contributed by atoms with E-state index in [9.17, 15) is 14.9 Å². The SMILES string of the molecule is COC(=O)c1c(OC)cccc1C(=O)N1CCC2(CC1)Oc1ccccc1-n1c(C#N)ccc12. The lowest BCUT2D eigenvalue weighted by atomic mass is 9.86. The monoisotopic (exact) mass is 457 g/mol. The Balaban J connectivity index is 1.46. The molecule has 5 rings (SSSR count). The number of methoxy groups -OCH3 is 2. The van der Waals surface area contributed by atoms with Crippen LogP contribution >= 0.6 is 0 Å². The molecule has 2 aliphatic heterocycles. The number of hydrogen-bond donors (Lipinski definition) is 0. The van der Waals surface area contributed by atoms with E-state index in [2.05, 4.69) is 6.07 Å². The van der Waals surface area contributed by atoms with E-state index in [1.807, 2.05) is 34.9 Å². The van der Waals surface area contributed by atoms with E-state index in [-0.39, 0.29) is 17.0 Å². The lowest BCUT2D eigenvalue weighted by Gasteiger charge is -2.45. The molecule has 1 fully saturated rings. The number of amides is 1. The summed E-state index contributed by atoms with van der Waals surface area (Å²) in [7, 11) is 2.72. The van der Waals surface area contributed by atoms with Crippen LogP contribution in [-0.2, 0) is 10.3 Å². The Morgan fingerprint density at radius 3 is 2.50 bits per heavy atom. The van der Waals surface area contributed by atoms with E-state index in [0.29, 0.717) is 43.1 Å². The smallest absolute Gasteiger partial charge is 0.342 e. The summed E-state index contributed by atoms with van der Waals surface area (Å²) in [5, 5.41) is 9.66. The molecule has 0 saturated carbocycles. The van der Waals surface area contributed by atoms with Crippen LogP contribution < -0.4 is 9.47 Å². The molecule has 0 radical (unpaired) electrons. The first kappa shape index (κ1) is 21.6. The van der Waals surface area contributed by atoms with Crippen LogP contribution in [0.5, 0.6) is 11.5 Å². The van der Waals surface area contributed by atoms with Crippen molar-refractivity contribution in [2.45, 2.75) is 18.4 Å². The van der Waals surface area contributed by atoms with Crippen molar-refractivity contribution in [3.63, 3.8) is 0 Å². The number of hydrogen-bond acceptors (Lipinski definition) is 6. The van der Waals surface area contributed by atoms with Crippen LogP contribution in [-0.4, -0.2) is 48.7 Å². The van der Waals surface area contributed by atoms with Crippen molar-refractivity contribution in [3.05, 3.63) is 77.1 Å². The van der Waals surface area contributed by atoms with Crippen LogP contribution in [0.25, 0.3) is 5.69 Å². The average Bonchev–Trinajstić information content (AvgIpc) is 3.33. The Bertz CT molecular complexity index is 1330. The standard InChI is InChI=1S/C26H23N3O5/c1-32-21-9-5-6-18(23(21)25(31)33-2)24(30)28-14-12-26(13-15-28)22-11-10-17(16-27)29(22)19-7-3-4-8-20(19)34-26/h3-11H,12-15H2,1-2H3. The second kappa shape index (κ2) is 8.27. The van der Waals surface area contributed by atoms with Gasteiger partial charge in [0.15, 0.2) is 5.60 Å². The Labute approximate surface area is 196 Å². The average molecular weight is 457 g/mol. The van der Waals surface area contributed by atoms with Crippen molar-refractivity contribution in [3.8, 4) is 23.3 Å². The van der Waals surface area contributed by atoms with Gasteiger partial charge in [-0.1, -0.05) is 18.2 Å². The van der Waals surface area contributed by atoms with Crippen LogP contribution in [0.1, 0.15) is 44.9 Å². The number of nitrogens with zero attached hydrogens (tertiary/aromatic N) is 3. The lowest BCUT2D eigenvalue weighted by molar-refractivity contribution is -0.00946. The maximum atomic E-state index is 13.4. The molecule has 172 valence electrons. The summed E-state index contributed by atoms with van der Waals surface area (Å²) in [5.74, 6) is 0.116. The Morgan fingerprint density at radius 2 is 1.79 bits per heavy atom. The number of piperidine rings is 1. The molecule has 2 aliphatic rings. The molecule has 0 bridgehead atoms. The van der Waals surface area contributed by atoms with Gasteiger partial charge in [-0.15, -0.1) is 0 Å². The zero-order chi connectivity index (χ0) is 23.9. The Hall–Kier alpha value is -4.25.